The van der Waals surface area contributed by atoms with Crippen LogP contribution in [0.2, 0.25) is 0 Å². The molecule has 1 aliphatic heterocycles. The Morgan fingerprint density at radius 3 is 2.70 bits per heavy atom. The number of carboxylic acids is 1. The molecule has 20 heavy (non-hydrogen) atoms. The molecule has 8 heteroatoms. The second-order valence-corrected chi connectivity index (χ2v) is 4.81. The minimum absolute atomic E-state index is 0.0843. The van der Waals surface area contributed by atoms with Crippen LogP contribution < -0.4 is 11.1 Å². The van der Waals surface area contributed by atoms with Gasteiger partial charge < -0.3 is 25.8 Å². The molecule has 0 spiro atoms. The van der Waals surface area contributed by atoms with E-state index in [-0.39, 0.29) is 19.2 Å². The van der Waals surface area contributed by atoms with E-state index in [9.17, 15) is 14.4 Å². The third-order valence-corrected chi connectivity index (χ3v) is 3.43. The molecule has 1 saturated heterocycles. The number of ether oxygens (including phenoxy) is 1. The number of morpholine rings is 1. The third-order valence-electron chi connectivity index (χ3n) is 3.43. The number of hydrogen-bond acceptors (Lipinski definition) is 4. The van der Waals surface area contributed by atoms with Crippen molar-refractivity contribution < 1.29 is 24.2 Å². The Bertz CT molecular complexity index is 450. The fourth-order valence-electron chi connectivity index (χ4n) is 2.31. The Labute approximate surface area is 115 Å². The lowest BCUT2D eigenvalue weighted by molar-refractivity contribution is -0.140. The number of nitrogens with one attached hydrogen (secondary N) is 1. The van der Waals surface area contributed by atoms with Gasteiger partial charge in [-0.05, 0) is 6.42 Å². The highest BCUT2D eigenvalue weighted by Gasteiger charge is 2.33. The summed E-state index contributed by atoms with van der Waals surface area (Å²) in [4.78, 5) is 35.5. The maximum absolute atomic E-state index is 12.1. The van der Waals surface area contributed by atoms with Gasteiger partial charge in [-0.25, -0.2) is 4.79 Å². The fraction of sp³-hybridized carbons (Fsp3) is 0.583. The highest BCUT2D eigenvalue weighted by atomic mass is 16.5. The van der Waals surface area contributed by atoms with Gasteiger partial charge in [0.15, 0.2) is 0 Å². The van der Waals surface area contributed by atoms with Crippen LogP contribution in [0.25, 0.3) is 0 Å². The summed E-state index contributed by atoms with van der Waals surface area (Å²) in [6, 6.07) is -1.57. The molecule has 0 radical (unpaired) electrons. The largest absolute Gasteiger partial charge is 0.481 e. The maximum atomic E-state index is 12.1. The van der Waals surface area contributed by atoms with E-state index in [0.717, 1.165) is 0 Å². The molecule has 2 aliphatic rings. The Kier molecular flexibility index (Phi) is 4.23. The van der Waals surface area contributed by atoms with Crippen molar-refractivity contribution in [2.45, 2.75) is 18.5 Å². The smallest absolute Gasteiger partial charge is 0.318 e. The van der Waals surface area contributed by atoms with Crippen molar-refractivity contribution in [1.82, 2.24) is 10.2 Å². The summed E-state index contributed by atoms with van der Waals surface area (Å²) < 4.78 is 5.13. The van der Waals surface area contributed by atoms with E-state index < -0.39 is 29.9 Å². The number of nitrogens with zero attached hydrogens (tertiary/aromatic N) is 1. The lowest BCUT2D eigenvalue weighted by Gasteiger charge is -2.34. The lowest BCUT2D eigenvalue weighted by Crippen LogP contribution is -2.58. The van der Waals surface area contributed by atoms with Crippen molar-refractivity contribution in [3.8, 4) is 0 Å². The molecule has 0 aromatic carbocycles. The first-order valence-corrected chi connectivity index (χ1v) is 6.34. The van der Waals surface area contributed by atoms with Crippen molar-refractivity contribution in [2.24, 2.45) is 11.7 Å². The topological polar surface area (TPSA) is 122 Å². The predicted molar refractivity (Wildman–Crippen MR) is 67.7 cm³/mol. The average Bonchev–Trinajstić information content (AvgIpc) is 2.87. The van der Waals surface area contributed by atoms with Crippen LogP contribution in [-0.4, -0.2) is 59.8 Å². The van der Waals surface area contributed by atoms with Crippen molar-refractivity contribution in [3.05, 3.63) is 12.2 Å². The number of nitrogens with two attached hydrogens (primary N) is 1. The SMILES string of the molecule is NC(=O)C1COCCN1C(=O)NC1C=CC(C(=O)O)C1. The Morgan fingerprint density at radius 1 is 1.35 bits per heavy atom. The molecular weight excluding hydrogens is 266 g/mol. The number of urea groups is 1. The van der Waals surface area contributed by atoms with Crippen LogP contribution in [0, 0.1) is 5.92 Å². The highest BCUT2D eigenvalue weighted by molar-refractivity contribution is 5.86. The van der Waals surface area contributed by atoms with E-state index in [1.54, 1.807) is 12.2 Å². The average molecular weight is 283 g/mol. The van der Waals surface area contributed by atoms with Crippen molar-refractivity contribution >= 4 is 17.9 Å². The van der Waals surface area contributed by atoms with Gasteiger partial charge >= 0.3 is 12.0 Å². The zero-order valence-corrected chi connectivity index (χ0v) is 10.8. The van der Waals surface area contributed by atoms with Crippen LogP contribution in [0.1, 0.15) is 6.42 Å². The molecule has 2 rings (SSSR count). The van der Waals surface area contributed by atoms with E-state index in [4.69, 9.17) is 15.6 Å². The number of hydrogen-bond donors (Lipinski definition) is 3. The van der Waals surface area contributed by atoms with E-state index in [1.807, 2.05) is 0 Å². The number of amides is 3. The molecule has 1 fully saturated rings. The summed E-state index contributed by atoms with van der Waals surface area (Å²) >= 11 is 0. The molecule has 3 unspecified atom stereocenters. The second-order valence-electron chi connectivity index (χ2n) is 4.81. The zero-order chi connectivity index (χ0) is 14.7. The first kappa shape index (κ1) is 14.3. The van der Waals surface area contributed by atoms with Crippen molar-refractivity contribution in [2.75, 3.05) is 19.8 Å². The van der Waals surface area contributed by atoms with Gasteiger partial charge in [-0.3, -0.25) is 9.59 Å². The van der Waals surface area contributed by atoms with Gasteiger partial charge in [-0.15, -0.1) is 0 Å². The Balaban J connectivity index is 1.93. The van der Waals surface area contributed by atoms with Crippen LogP contribution in [0.4, 0.5) is 4.79 Å². The van der Waals surface area contributed by atoms with Gasteiger partial charge in [0.1, 0.15) is 6.04 Å². The summed E-state index contributed by atoms with van der Waals surface area (Å²) in [6.45, 7) is 0.703. The Hall–Kier alpha value is -2.09. The maximum Gasteiger partial charge on any atom is 0.318 e. The summed E-state index contributed by atoms with van der Waals surface area (Å²) in [5, 5.41) is 11.6. The predicted octanol–water partition coefficient (Wildman–Crippen LogP) is -1.09. The minimum atomic E-state index is -0.917. The number of primary amides is 1. The van der Waals surface area contributed by atoms with Gasteiger partial charge in [0.2, 0.25) is 5.91 Å². The van der Waals surface area contributed by atoms with Crippen molar-refractivity contribution in [3.63, 3.8) is 0 Å². The summed E-state index contributed by atoms with van der Waals surface area (Å²) in [6.07, 6.45) is 3.52. The van der Waals surface area contributed by atoms with Crippen LogP contribution in [0.15, 0.2) is 12.2 Å². The van der Waals surface area contributed by atoms with Gasteiger partial charge in [-0.1, -0.05) is 12.2 Å². The second kappa shape index (κ2) is 5.91. The van der Waals surface area contributed by atoms with Crippen LogP contribution in [0.3, 0.4) is 0 Å². The Morgan fingerprint density at radius 2 is 2.10 bits per heavy atom. The number of carbonyl (C=O) groups is 3. The van der Waals surface area contributed by atoms with E-state index >= 15 is 0 Å². The molecular formula is C12H17N3O5. The first-order valence-electron chi connectivity index (χ1n) is 6.34. The highest BCUT2D eigenvalue weighted by Crippen LogP contribution is 2.18. The van der Waals surface area contributed by atoms with Crippen LogP contribution in [-0.2, 0) is 14.3 Å². The van der Waals surface area contributed by atoms with Crippen LogP contribution >= 0.6 is 0 Å². The molecule has 110 valence electrons. The standard InChI is InChI=1S/C12H17N3O5/c13-10(16)9-6-20-4-3-15(9)12(19)14-8-2-1-7(5-8)11(17)18/h1-2,7-9H,3-6H2,(H2,13,16)(H,14,19)(H,17,18). The van der Waals surface area contributed by atoms with Gasteiger partial charge in [0.05, 0.1) is 25.2 Å². The molecule has 0 saturated carbocycles. The molecule has 8 nitrogen and oxygen atoms in total. The number of carboxylic acid groups (broad SMARTS) is 1. The van der Waals surface area contributed by atoms with E-state index in [2.05, 4.69) is 5.32 Å². The monoisotopic (exact) mass is 283 g/mol. The summed E-state index contributed by atoms with van der Waals surface area (Å²) in [7, 11) is 0. The van der Waals surface area contributed by atoms with Gasteiger partial charge in [0.25, 0.3) is 0 Å². The summed E-state index contributed by atoms with van der Waals surface area (Å²) in [5.41, 5.74) is 5.23. The van der Waals surface area contributed by atoms with Crippen molar-refractivity contribution in [1.29, 1.82) is 0 Å². The molecule has 0 aromatic rings. The van der Waals surface area contributed by atoms with E-state index in [1.165, 1.54) is 4.90 Å². The minimum Gasteiger partial charge on any atom is -0.481 e. The molecule has 0 aromatic heterocycles. The van der Waals surface area contributed by atoms with Crippen LogP contribution in [0.5, 0.6) is 0 Å². The van der Waals surface area contributed by atoms with Gasteiger partial charge in [-0.2, -0.15) is 0 Å². The molecule has 3 amide bonds. The third kappa shape index (κ3) is 3.08. The fourth-order valence-corrected chi connectivity index (χ4v) is 2.31. The normalized spacial score (nSPS) is 29.2. The van der Waals surface area contributed by atoms with Gasteiger partial charge in [0, 0.05) is 6.54 Å². The molecule has 4 N–H and O–H groups in total. The number of aliphatic carboxylic acids is 1. The molecule has 3 atom stereocenters. The lowest BCUT2D eigenvalue weighted by atomic mass is 10.1. The zero-order valence-electron chi connectivity index (χ0n) is 10.8. The van der Waals surface area contributed by atoms with E-state index in [0.29, 0.717) is 13.0 Å². The quantitative estimate of drug-likeness (QED) is 0.568. The summed E-state index contributed by atoms with van der Waals surface area (Å²) in [5.74, 6) is -2.12. The molecule has 0 bridgehead atoms. The molecule has 1 aliphatic carbocycles. The number of carbonyl (C=O) groups excluding carboxylic acids is 2. The molecule has 1 heterocycles. The number of rotatable bonds is 3. The first-order chi connectivity index (χ1) is 9.49.